The van der Waals surface area contributed by atoms with Gasteiger partial charge in [-0.05, 0) is 18.8 Å². The number of ether oxygens (including phenoxy) is 1. The number of hydrogen-bond acceptors (Lipinski definition) is 4. The number of esters is 1. The van der Waals surface area contributed by atoms with Gasteiger partial charge in [0.05, 0.1) is 7.11 Å². The van der Waals surface area contributed by atoms with E-state index in [-0.39, 0.29) is 13.1 Å². The summed E-state index contributed by atoms with van der Waals surface area (Å²) in [6.07, 6.45) is 2.03. The number of carbonyl (C=O) groups excluding carboxylic acids is 2. The van der Waals surface area contributed by atoms with E-state index in [0.29, 0.717) is 12.5 Å². The van der Waals surface area contributed by atoms with E-state index < -0.39 is 18.0 Å². The molecule has 96 valence electrons. The van der Waals surface area contributed by atoms with Crippen molar-refractivity contribution in [2.24, 2.45) is 5.92 Å². The van der Waals surface area contributed by atoms with E-state index in [1.54, 1.807) is 0 Å². The van der Waals surface area contributed by atoms with E-state index in [2.05, 4.69) is 10.1 Å². The van der Waals surface area contributed by atoms with E-state index in [4.69, 9.17) is 5.11 Å². The highest BCUT2D eigenvalue weighted by Crippen LogP contribution is 2.29. The largest absolute Gasteiger partial charge is 0.480 e. The van der Waals surface area contributed by atoms with Crippen molar-refractivity contribution in [2.45, 2.75) is 12.8 Å². The van der Waals surface area contributed by atoms with Gasteiger partial charge in [0.2, 0.25) is 0 Å². The first-order valence-corrected chi connectivity index (χ1v) is 5.34. The predicted octanol–water partition coefficient (Wildman–Crippen LogP) is -0.334. The molecule has 0 atom stereocenters. The van der Waals surface area contributed by atoms with Gasteiger partial charge in [-0.25, -0.2) is 4.79 Å². The van der Waals surface area contributed by atoms with Crippen molar-refractivity contribution in [3.05, 3.63) is 0 Å². The smallest absolute Gasteiger partial charge is 0.325 e. The Hall–Kier alpha value is -1.79. The summed E-state index contributed by atoms with van der Waals surface area (Å²) in [5.41, 5.74) is 0. The second-order valence-electron chi connectivity index (χ2n) is 3.95. The van der Waals surface area contributed by atoms with Crippen molar-refractivity contribution in [1.82, 2.24) is 10.2 Å². The molecule has 0 bridgehead atoms. The summed E-state index contributed by atoms with van der Waals surface area (Å²) >= 11 is 0. The molecule has 1 aliphatic carbocycles. The summed E-state index contributed by atoms with van der Waals surface area (Å²) in [4.78, 5) is 34.2. The number of aliphatic carboxylic acids is 1. The number of nitrogens with one attached hydrogen (secondary N) is 1. The molecule has 2 N–H and O–H groups in total. The van der Waals surface area contributed by atoms with Crippen LogP contribution in [0.15, 0.2) is 0 Å². The van der Waals surface area contributed by atoms with Crippen molar-refractivity contribution in [3.63, 3.8) is 0 Å². The number of carboxylic acids is 1. The molecule has 7 heteroatoms. The summed E-state index contributed by atoms with van der Waals surface area (Å²) in [6.45, 7) is -0.196. The highest BCUT2D eigenvalue weighted by Gasteiger charge is 2.28. The van der Waals surface area contributed by atoms with Crippen LogP contribution < -0.4 is 5.32 Å². The molecular weight excluding hydrogens is 228 g/mol. The molecule has 0 aliphatic heterocycles. The number of carbonyl (C=O) groups is 3. The number of amides is 2. The Morgan fingerprint density at radius 3 is 2.53 bits per heavy atom. The van der Waals surface area contributed by atoms with Crippen molar-refractivity contribution in [2.75, 3.05) is 26.7 Å². The fourth-order valence-corrected chi connectivity index (χ4v) is 1.33. The Morgan fingerprint density at radius 2 is 2.06 bits per heavy atom. The standard InChI is InChI=1S/C10H16N2O5/c1-17-9(15)4-11-10(16)12(6-8(13)14)5-7-2-3-7/h7H,2-6H2,1H3,(H,11,16)(H,13,14). The van der Waals surface area contributed by atoms with Gasteiger partial charge in [-0.2, -0.15) is 0 Å². The van der Waals surface area contributed by atoms with Gasteiger partial charge in [0.25, 0.3) is 0 Å². The van der Waals surface area contributed by atoms with Crippen molar-refractivity contribution >= 4 is 18.0 Å². The lowest BCUT2D eigenvalue weighted by Crippen LogP contribution is -2.45. The maximum Gasteiger partial charge on any atom is 0.325 e. The number of methoxy groups -OCH3 is 1. The quantitative estimate of drug-likeness (QED) is 0.623. The summed E-state index contributed by atoms with van der Waals surface area (Å²) in [6, 6.07) is -0.551. The molecule has 0 aromatic heterocycles. The average Bonchev–Trinajstić information content (AvgIpc) is 3.07. The Kier molecular flexibility index (Phi) is 4.74. The van der Waals surface area contributed by atoms with Crippen LogP contribution in [-0.4, -0.2) is 54.7 Å². The van der Waals surface area contributed by atoms with E-state index in [9.17, 15) is 14.4 Å². The molecule has 0 unspecified atom stereocenters. The second-order valence-corrected chi connectivity index (χ2v) is 3.95. The number of urea groups is 1. The molecule has 1 aliphatic rings. The summed E-state index contributed by atoms with van der Waals surface area (Å²) in [7, 11) is 1.22. The molecule has 0 spiro atoms. The van der Waals surface area contributed by atoms with E-state index in [1.807, 2.05) is 0 Å². The molecule has 0 heterocycles. The second kappa shape index (κ2) is 6.07. The first kappa shape index (κ1) is 13.3. The van der Waals surface area contributed by atoms with Gasteiger partial charge in [0, 0.05) is 6.54 Å². The summed E-state index contributed by atoms with van der Waals surface area (Å²) in [5.74, 6) is -1.25. The first-order valence-electron chi connectivity index (χ1n) is 5.34. The van der Waals surface area contributed by atoms with E-state index in [0.717, 1.165) is 12.8 Å². The van der Waals surface area contributed by atoms with Crippen molar-refractivity contribution in [1.29, 1.82) is 0 Å². The maximum atomic E-state index is 11.6. The Morgan fingerprint density at radius 1 is 1.41 bits per heavy atom. The number of hydrogen-bond donors (Lipinski definition) is 2. The molecule has 7 nitrogen and oxygen atoms in total. The molecule has 0 saturated heterocycles. The lowest BCUT2D eigenvalue weighted by Gasteiger charge is -2.20. The maximum absolute atomic E-state index is 11.6. The lowest BCUT2D eigenvalue weighted by molar-refractivity contribution is -0.139. The Balaban J connectivity index is 2.40. The first-order chi connectivity index (χ1) is 8.02. The number of rotatable bonds is 6. The minimum absolute atomic E-state index is 0.254. The summed E-state index contributed by atoms with van der Waals surface area (Å²) in [5, 5.41) is 11.0. The highest BCUT2D eigenvalue weighted by molar-refractivity contribution is 5.83. The number of carboxylic acid groups (broad SMARTS) is 1. The fraction of sp³-hybridized carbons (Fsp3) is 0.700. The summed E-state index contributed by atoms with van der Waals surface area (Å²) < 4.78 is 4.37. The number of nitrogens with zero attached hydrogens (tertiary/aromatic N) is 1. The van der Waals surface area contributed by atoms with Crippen LogP contribution in [0.2, 0.25) is 0 Å². The van der Waals surface area contributed by atoms with E-state index in [1.165, 1.54) is 12.0 Å². The molecule has 1 fully saturated rings. The minimum Gasteiger partial charge on any atom is -0.480 e. The molecule has 1 saturated carbocycles. The normalized spacial score (nSPS) is 13.9. The zero-order valence-corrected chi connectivity index (χ0v) is 9.64. The van der Waals surface area contributed by atoms with Crippen LogP contribution in [0.3, 0.4) is 0 Å². The molecule has 0 aromatic carbocycles. The Labute approximate surface area is 98.7 Å². The van der Waals surface area contributed by atoms with Gasteiger partial charge in [-0.15, -0.1) is 0 Å². The van der Waals surface area contributed by atoms with Crippen molar-refractivity contribution < 1.29 is 24.2 Å². The Bertz CT molecular complexity index is 314. The fourth-order valence-electron chi connectivity index (χ4n) is 1.33. The molecule has 0 aromatic rings. The SMILES string of the molecule is COC(=O)CNC(=O)N(CC(=O)O)CC1CC1. The molecule has 17 heavy (non-hydrogen) atoms. The van der Waals surface area contributed by atoms with Crippen LogP contribution in [0.25, 0.3) is 0 Å². The minimum atomic E-state index is -1.07. The van der Waals surface area contributed by atoms with Gasteiger partial charge < -0.3 is 20.1 Å². The topological polar surface area (TPSA) is 95.9 Å². The van der Waals surface area contributed by atoms with Gasteiger partial charge >= 0.3 is 18.0 Å². The average molecular weight is 244 g/mol. The van der Waals surface area contributed by atoms with Crippen LogP contribution in [0.5, 0.6) is 0 Å². The third-order valence-electron chi connectivity index (χ3n) is 2.40. The van der Waals surface area contributed by atoms with Gasteiger partial charge in [-0.1, -0.05) is 0 Å². The molecule has 1 rings (SSSR count). The van der Waals surface area contributed by atoms with Gasteiger partial charge in [-0.3, -0.25) is 9.59 Å². The van der Waals surface area contributed by atoms with Crippen molar-refractivity contribution in [3.8, 4) is 0 Å². The van der Waals surface area contributed by atoms with E-state index >= 15 is 0 Å². The van der Waals surface area contributed by atoms with Crippen LogP contribution >= 0.6 is 0 Å². The zero-order valence-electron chi connectivity index (χ0n) is 9.64. The monoisotopic (exact) mass is 244 g/mol. The highest BCUT2D eigenvalue weighted by atomic mass is 16.5. The van der Waals surface area contributed by atoms with Gasteiger partial charge in [0.1, 0.15) is 13.1 Å². The molecule has 0 radical (unpaired) electrons. The third kappa shape index (κ3) is 5.19. The lowest BCUT2D eigenvalue weighted by atomic mass is 10.3. The van der Waals surface area contributed by atoms with Gasteiger partial charge in [0.15, 0.2) is 0 Å². The third-order valence-corrected chi connectivity index (χ3v) is 2.40. The zero-order chi connectivity index (χ0) is 12.8. The molecular formula is C10H16N2O5. The predicted molar refractivity (Wildman–Crippen MR) is 57.3 cm³/mol. The van der Waals surface area contributed by atoms with Crippen LogP contribution in [0, 0.1) is 5.92 Å². The van der Waals surface area contributed by atoms with Crippen LogP contribution in [0.4, 0.5) is 4.79 Å². The van der Waals surface area contributed by atoms with Crippen LogP contribution in [0.1, 0.15) is 12.8 Å². The van der Waals surface area contributed by atoms with Crippen LogP contribution in [-0.2, 0) is 14.3 Å². The molecule has 2 amide bonds.